The van der Waals surface area contributed by atoms with E-state index in [-0.39, 0.29) is 0 Å². The third-order valence-electron chi connectivity index (χ3n) is 0.750. The molecule has 0 saturated heterocycles. The molecule has 2 nitrogen and oxygen atoms in total. The molecule has 2 heteroatoms. The van der Waals surface area contributed by atoms with Crippen LogP contribution in [0.25, 0.3) is 0 Å². The molecule has 0 rings (SSSR count). The molecule has 0 radical (unpaired) electrons. The summed E-state index contributed by atoms with van der Waals surface area (Å²) in [5.41, 5.74) is 0. The third kappa shape index (κ3) is 5.50. The summed E-state index contributed by atoms with van der Waals surface area (Å²) in [6, 6.07) is 0. The summed E-state index contributed by atoms with van der Waals surface area (Å²) in [6.45, 7) is 2.95. The maximum absolute atomic E-state index is 3.04. The minimum absolute atomic E-state index is 0.844. The molecule has 0 amide bonds. The van der Waals surface area contributed by atoms with Crippen LogP contribution in [-0.4, -0.2) is 13.7 Å². The van der Waals surface area contributed by atoms with E-state index in [1.54, 1.807) is 0 Å². The van der Waals surface area contributed by atoms with Crippen molar-refractivity contribution in [3.8, 4) is 0 Å². The number of rotatable bonds is 4. The van der Waals surface area contributed by atoms with E-state index < -0.39 is 0 Å². The van der Waals surface area contributed by atoms with Crippen molar-refractivity contribution in [3.63, 3.8) is 0 Å². The van der Waals surface area contributed by atoms with Crippen molar-refractivity contribution in [2.24, 2.45) is 0 Å². The lowest BCUT2D eigenvalue weighted by molar-refractivity contribution is 0.735. The highest BCUT2D eigenvalue weighted by Crippen LogP contribution is 1.72. The van der Waals surface area contributed by atoms with Crippen LogP contribution in [0.4, 0.5) is 0 Å². The highest BCUT2D eigenvalue weighted by molar-refractivity contribution is 4.76. The van der Waals surface area contributed by atoms with E-state index in [1.165, 1.54) is 0 Å². The van der Waals surface area contributed by atoms with E-state index in [0.717, 1.165) is 13.1 Å². The molecule has 0 saturated carbocycles. The number of hydrogen-bond donors (Lipinski definition) is 2. The van der Waals surface area contributed by atoms with Gasteiger partial charge in [-0.05, 0) is 19.7 Å². The summed E-state index contributed by atoms with van der Waals surface area (Å²) in [5.74, 6) is 0. The van der Waals surface area contributed by atoms with Gasteiger partial charge in [0.25, 0.3) is 0 Å². The Labute approximate surface area is 51.0 Å². The lowest BCUT2D eigenvalue weighted by Crippen LogP contribution is -2.20. The maximum Gasteiger partial charge on any atom is 0.0645 e. The Hall–Kier alpha value is -0.500. The lowest BCUT2D eigenvalue weighted by Gasteiger charge is -1.94. The van der Waals surface area contributed by atoms with Crippen molar-refractivity contribution in [1.82, 2.24) is 10.6 Å². The number of nitrogens with one attached hydrogen (secondary N) is 2. The first-order chi connectivity index (χ1) is 3.91. The summed E-state index contributed by atoms with van der Waals surface area (Å²) in [5, 5.41) is 6.01. The zero-order chi connectivity index (χ0) is 6.24. The first-order valence-corrected chi connectivity index (χ1v) is 2.94. The summed E-state index contributed by atoms with van der Waals surface area (Å²) in [4.78, 5) is 0. The highest BCUT2D eigenvalue weighted by Gasteiger charge is 1.68. The summed E-state index contributed by atoms with van der Waals surface area (Å²) in [7, 11) is 1.91. The van der Waals surface area contributed by atoms with Gasteiger partial charge in [-0.2, -0.15) is 0 Å². The van der Waals surface area contributed by atoms with Gasteiger partial charge in [-0.1, -0.05) is 13.0 Å². The second-order valence-corrected chi connectivity index (χ2v) is 1.55. The average Bonchev–Trinajstić information content (AvgIpc) is 1.81. The van der Waals surface area contributed by atoms with Gasteiger partial charge in [0.05, 0.1) is 6.67 Å². The molecule has 48 valence electrons. The van der Waals surface area contributed by atoms with Gasteiger partial charge in [0.2, 0.25) is 0 Å². The normalized spacial score (nSPS) is 10.2. The molecule has 0 bridgehead atoms. The largest absolute Gasteiger partial charge is 0.379 e. The van der Waals surface area contributed by atoms with Crippen LogP contribution >= 0.6 is 0 Å². The predicted molar refractivity (Wildman–Crippen MR) is 36.5 cm³/mol. The van der Waals surface area contributed by atoms with Crippen LogP contribution in [-0.2, 0) is 0 Å². The Morgan fingerprint density at radius 3 is 2.75 bits per heavy atom. The van der Waals surface area contributed by atoms with Gasteiger partial charge in [-0.15, -0.1) is 0 Å². The first-order valence-electron chi connectivity index (χ1n) is 2.94. The second-order valence-electron chi connectivity index (χ2n) is 1.55. The van der Waals surface area contributed by atoms with Gasteiger partial charge in [-0.25, -0.2) is 0 Å². The van der Waals surface area contributed by atoms with Crippen LogP contribution in [0.2, 0.25) is 0 Å². The molecule has 2 N–H and O–H groups in total. The van der Waals surface area contributed by atoms with E-state index in [2.05, 4.69) is 23.6 Å². The molecule has 0 aromatic heterocycles. The standard InChI is InChI=1S/C6H14N2/c1-3-4-5-8-6-7-2/h4-5,7-8H,3,6H2,1-2H3/b5-4-. The average molecular weight is 114 g/mol. The Morgan fingerprint density at radius 1 is 1.50 bits per heavy atom. The third-order valence-corrected chi connectivity index (χ3v) is 0.750. The molecule has 8 heavy (non-hydrogen) atoms. The zero-order valence-corrected chi connectivity index (χ0v) is 5.57. The molecule has 0 spiro atoms. The minimum Gasteiger partial charge on any atom is -0.379 e. The molecule has 0 unspecified atom stereocenters. The summed E-state index contributed by atoms with van der Waals surface area (Å²) >= 11 is 0. The predicted octanol–water partition coefficient (Wildman–Crippen LogP) is 0.677. The van der Waals surface area contributed by atoms with Gasteiger partial charge in [0, 0.05) is 0 Å². The quantitative estimate of drug-likeness (QED) is 0.415. The Balaban J connectivity index is 2.80. The number of allylic oxidation sites excluding steroid dienone is 1. The fourth-order valence-electron chi connectivity index (χ4n) is 0.362. The van der Waals surface area contributed by atoms with Gasteiger partial charge in [0.15, 0.2) is 0 Å². The number of hydrogen-bond acceptors (Lipinski definition) is 2. The fraction of sp³-hybridized carbons (Fsp3) is 0.667. The van der Waals surface area contributed by atoms with Gasteiger partial charge in [-0.3, -0.25) is 0 Å². The van der Waals surface area contributed by atoms with Crippen molar-refractivity contribution in [2.45, 2.75) is 13.3 Å². The van der Waals surface area contributed by atoms with E-state index in [0.29, 0.717) is 0 Å². The van der Waals surface area contributed by atoms with Crippen LogP contribution in [0, 0.1) is 0 Å². The molecule has 0 aromatic rings. The summed E-state index contributed by atoms with van der Waals surface area (Å²) < 4.78 is 0. The second kappa shape index (κ2) is 6.50. The molecule has 0 aliphatic rings. The van der Waals surface area contributed by atoms with Crippen molar-refractivity contribution in [3.05, 3.63) is 12.3 Å². The van der Waals surface area contributed by atoms with Crippen molar-refractivity contribution in [1.29, 1.82) is 0 Å². The topological polar surface area (TPSA) is 24.1 Å². The molecular formula is C6H14N2. The zero-order valence-electron chi connectivity index (χ0n) is 5.57. The van der Waals surface area contributed by atoms with Crippen molar-refractivity contribution < 1.29 is 0 Å². The molecule has 0 heterocycles. The Bertz CT molecular complexity index is 59.5. The molecule has 0 aliphatic carbocycles. The van der Waals surface area contributed by atoms with Crippen LogP contribution in [0.1, 0.15) is 13.3 Å². The minimum atomic E-state index is 0.844. The lowest BCUT2D eigenvalue weighted by atomic mass is 10.5. The fourth-order valence-corrected chi connectivity index (χ4v) is 0.362. The smallest absolute Gasteiger partial charge is 0.0645 e. The van der Waals surface area contributed by atoms with Crippen LogP contribution in [0.3, 0.4) is 0 Å². The molecular weight excluding hydrogens is 100 g/mol. The van der Waals surface area contributed by atoms with Gasteiger partial charge < -0.3 is 10.6 Å². The highest BCUT2D eigenvalue weighted by atomic mass is 15.0. The van der Waals surface area contributed by atoms with Gasteiger partial charge >= 0.3 is 0 Å². The Kier molecular flexibility index (Phi) is 6.09. The van der Waals surface area contributed by atoms with Crippen LogP contribution in [0.5, 0.6) is 0 Å². The first kappa shape index (κ1) is 7.50. The van der Waals surface area contributed by atoms with E-state index in [9.17, 15) is 0 Å². The SMILES string of the molecule is CC/C=C\NCNC. The Morgan fingerprint density at radius 2 is 2.25 bits per heavy atom. The molecule has 0 fully saturated rings. The maximum atomic E-state index is 3.04. The molecule has 0 aliphatic heterocycles. The molecule has 0 aromatic carbocycles. The monoisotopic (exact) mass is 114 g/mol. The van der Waals surface area contributed by atoms with Gasteiger partial charge in [0.1, 0.15) is 0 Å². The van der Waals surface area contributed by atoms with E-state index in [1.807, 2.05) is 13.2 Å². The van der Waals surface area contributed by atoms with Crippen molar-refractivity contribution >= 4 is 0 Å². The van der Waals surface area contributed by atoms with Crippen LogP contribution < -0.4 is 10.6 Å². The summed E-state index contributed by atoms with van der Waals surface area (Å²) in [6.07, 6.45) is 5.13. The van der Waals surface area contributed by atoms with E-state index in [4.69, 9.17) is 0 Å². The van der Waals surface area contributed by atoms with Crippen LogP contribution in [0.15, 0.2) is 12.3 Å². The van der Waals surface area contributed by atoms with E-state index >= 15 is 0 Å². The van der Waals surface area contributed by atoms with Crippen molar-refractivity contribution in [2.75, 3.05) is 13.7 Å². The molecule has 0 atom stereocenters.